The number of alkyl halides is 1. The second kappa shape index (κ2) is 8.70. The smallest absolute Gasteiger partial charge is 0.238 e. The standard InChI is InChI=1S/C17H20Cl2N4O3S/c18-5-4-14-15(11-12-2-1-3-13(10-12)27(20,24)25)21-17(22-16(14)19)23-6-8-26-9-7-23/h1-3,10H,4-9,11H2,(H2,20,24,25). The Bertz CT molecular complexity index is 918. The predicted molar refractivity (Wildman–Crippen MR) is 105 cm³/mol. The summed E-state index contributed by atoms with van der Waals surface area (Å²) in [5.74, 6) is 0.920. The van der Waals surface area contributed by atoms with Crippen molar-refractivity contribution in [3.05, 3.63) is 46.2 Å². The van der Waals surface area contributed by atoms with E-state index < -0.39 is 10.0 Å². The highest BCUT2D eigenvalue weighted by Gasteiger charge is 2.19. The lowest BCUT2D eigenvalue weighted by Gasteiger charge is -2.27. The van der Waals surface area contributed by atoms with Gasteiger partial charge in [-0.3, -0.25) is 0 Å². The first-order valence-electron chi connectivity index (χ1n) is 8.44. The Balaban J connectivity index is 1.98. The molecular formula is C17H20Cl2N4O3S. The molecule has 0 atom stereocenters. The van der Waals surface area contributed by atoms with E-state index in [1.54, 1.807) is 12.1 Å². The molecule has 7 nitrogen and oxygen atoms in total. The van der Waals surface area contributed by atoms with Crippen LogP contribution in [-0.4, -0.2) is 50.6 Å². The lowest BCUT2D eigenvalue weighted by atomic mass is 10.0. The van der Waals surface area contributed by atoms with Crippen molar-refractivity contribution in [3.8, 4) is 0 Å². The Labute approximate surface area is 168 Å². The molecule has 146 valence electrons. The van der Waals surface area contributed by atoms with Gasteiger partial charge in [0.05, 0.1) is 23.8 Å². The lowest BCUT2D eigenvalue weighted by molar-refractivity contribution is 0.122. The summed E-state index contributed by atoms with van der Waals surface area (Å²) in [6, 6.07) is 6.49. The summed E-state index contributed by atoms with van der Waals surface area (Å²) in [4.78, 5) is 11.2. The molecule has 0 unspecified atom stereocenters. The number of benzene rings is 1. The van der Waals surface area contributed by atoms with Gasteiger partial charge in [-0.1, -0.05) is 23.7 Å². The van der Waals surface area contributed by atoms with E-state index in [1.807, 2.05) is 11.0 Å². The number of primary sulfonamides is 1. The van der Waals surface area contributed by atoms with Crippen LogP contribution in [0.5, 0.6) is 0 Å². The number of ether oxygens (including phenoxy) is 1. The number of aromatic nitrogens is 2. The Kier molecular flexibility index (Phi) is 6.54. The van der Waals surface area contributed by atoms with Crippen LogP contribution < -0.4 is 10.0 Å². The molecule has 0 radical (unpaired) electrons. The molecule has 10 heteroatoms. The van der Waals surface area contributed by atoms with Crippen LogP contribution in [0.3, 0.4) is 0 Å². The Morgan fingerprint density at radius 1 is 1.22 bits per heavy atom. The zero-order valence-electron chi connectivity index (χ0n) is 14.6. The van der Waals surface area contributed by atoms with Gasteiger partial charge in [0, 0.05) is 31.0 Å². The van der Waals surface area contributed by atoms with E-state index in [4.69, 9.17) is 38.1 Å². The fourth-order valence-electron chi connectivity index (χ4n) is 2.91. The molecule has 2 heterocycles. The molecule has 1 aliphatic rings. The highest BCUT2D eigenvalue weighted by atomic mass is 35.5. The van der Waals surface area contributed by atoms with E-state index >= 15 is 0 Å². The number of rotatable bonds is 6. The number of nitrogens with two attached hydrogens (primary N) is 1. The molecule has 0 amide bonds. The predicted octanol–water partition coefficient (Wildman–Crippen LogP) is 1.99. The van der Waals surface area contributed by atoms with Crippen LogP contribution >= 0.6 is 23.2 Å². The Hall–Kier alpha value is -1.45. The lowest BCUT2D eigenvalue weighted by Crippen LogP contribution is -2.37. The van der Waals surface area contributed by atoms with Gasteiger partial charge >= 0.3 is 0 Å². The van der Waals surface area contributed by atoms with Crippen LogP contribution in [0.4, 0.5) is 5.95 Å². The quantitative estimate of drug-likeness (QED) is 0.555. The van der Waals surface area contributed by atoms with Crippen LogP contribution in [0.1, 0.15) is 16.8 Å². The van der Waals surface area contributed by atoms with E-state index in [1.165, 1.54) is 6.07 Å². The highest BCUT2D eigenvalue weighted by molar-refractivity contribution is 7.89. The van der Waals surface area contributed by atoms with Crippen molar-refractivity contribution in [2.24, 2.45) is 5.14 Å². The average molecular weight is 431 g/mol. The average Bonchev–Trinajstić information content (AvgIpc) is 2.64. The van der Waals surface area contributed by atoms with Gasteiger partial charge in [-0.15, -0.1) is 11.6 Å². The van der Waals surface area contributed by atoms with Crippen molar-refractivity contribution in [2.75, 3.05) is 37.1 Å². The van der Waals surface area contributed by atoms with E-state index in [0.29, 0.717) is 56.1 Å². The first-order valence-corrected chi connectivity index (χ1v) is 10.9. The maximum Gasteiger partial charge on any atom is 0.238 e. The van der Waals surface area contributed by atoms with Gasteiger partial charge in [0.2, 0.25) is 16.0 Å². The molecule has 0 aliphatic carbocycles. The third-order valence-corrected chi connectivity index (χ3v) is 5.68. The second-order valence-corrected chi connectivity index (χ2v) is 8.44. The number of hydrogen-bond acceptors (Lipinski definition) is 6. The normalized spacial score (nSPS) is 15.1. The third kappa shape index (κ3) is 5.08. The van der Waals surface area contributed by atoms with E-state index in [0.717, 1.165) is 16.8 Å². The minimum absolute atomic E-state index is 0.0625. The zero-order valence-corrected chi connectivity index (χ0v) is 16.9. The Morgan fingerprint density at radius 2 is 1.96 bits per heavy atom. The molecule has 0 spiro atoms. The van der Waals surface area contributed by atoms with Gasteiger partial charge in [0.25, 0.3) is 0 Å². The minimum Gasteiger partial charge on any atom is -0.378 e. The molecule has 1 aliphatic heterocycles. The van der Waals surface area contributed by atoms with Crippen molar-refractivity contribution in [2.45, 2.75) is 17.7 Å². The molecule has 0 bridgehead atoms. The summed E-state index contributed by atoms with van der Waals surface area (Å²) in [7, 11) is -3.77. The van der Waals surface area contributed by atoms with Crippen LogP contribution in [0.25, 0.3) is 0 Å². The van der Waals surface area contributed by atoms with Gasteiger partial charge in [0.15, 0.2) is 0 Å². The van der Waals surface area contributed by atoms with Gasteiger partial charge in [0.1, 0.15) is 5.15 Å². The SMILES string of the molecule is NS(=O)(=O)c1cccc(Cc2nc(N3CCOCC3)nc(Cl)c2CCCl)c1. The molecule has 0 saturated carbocycles. The molecular weight excluding hydrogens is 411 g/mol. The van der Waals surface area contributed by atoms with Gasteiger partial charge in [-0.2, -0.15) is 0 Å². The van der Waals surface area contributed by atoms with E-state index in [2.05, 4.69) is 4.98 Å². The maximum absolute atomic E-state index is 11.6. The summed E-state index contributed by atoms with van der Waals surface area (Å²) < 4.78 is 28.6. The van der Waals surface area contributed by atoms with Crippen molar-refractivity contribution in [1.82, 2.24) is 9.97 Å². The fraction of sp³-hybridized carbons (Fsp3) is 0.412. The topological polar surface area (TPSA) is 98.4 Å². The zero-order chi connectivity index (χ0) is 19.4. The minimum atomic E-state index is -3.77. The molecule has 1 saturated heterocycles. The largest absolute Gasteiger partial charge is 0.378 e. The second-order valence-electron chi connectivity index (χ2n) is 6.15. The first-order chi connectivity index (χ1) is 12.9. The van der Waals surface area contributed by atoms with Crippen LogP contribution in [0.15, 0.2) is 29.2 Å². The van der Waals surface area contributed by atoms with E-state index in [-0.39, 0.29) is 4.90 Å². The van der Waals surface area contributed by atoms with Crippen molar-refractivity contribution in [1.29, 1.82) is 0 Å². The van der Waals surface area contributed by atoms with Gasteiger partial charge < -0.3 is 9.64 Å². The number of halogens is 2. The van der Waals surface area contributed by atoms with Crippen LogP contribution in [0.2, 0.25) is 5.15 Å². The summed E-state index contributed by atoms with van der Waals surface area (Å²) in [5, 5.41) is 5.60. The monoisotopic (exact) mass is 430 g/mol. The van der Waals surface area contributed by atoms with Crippen LogP contribution in [-0.2, 0) is 27.6 Å². The molecule has 3 rings (SSSR count). The number of anilines is 1. The summed E-state index contributed by atoms with van der Waals surface area (Å²) >= 11 is 12.3. The number of sulfonamides is 1. The van der Waals surface area contributed by atoms with Crippen molar-refractivity contribution >= 4 is 39.2 Å². The van der Waals surface area contributed by atoms with Gasteiger partial charge in [-0.25, -0.2) is 23.5 Å². The summed E-state index contributed by atoms with van der Waals surface area (Å²) in [6.45, 7) is 2.59. The number of morpholine rings is 1. The molecule has 1 fully saturated rings. The molecule has 27 heavy (non-hydrogen) atoms. The molecule has 1 aromatic carbocycles. The molecule has 2 N–H and O–H groups in total. The van der Waals surface area contributed by atoms with E-state index in [9.17, 15) is 8.42 Å². The Morgan fingerprint density at radius 3 is 2.63 bits per heavy atom. The van der Waals surface area contributed by atoms with Gasteiger partial charge in [-0.05, 0) is 24.1 Å². The highest BCUT2D eigenvalue weighted by Crippen LogP contribution is 2.25. The summed E-state index contributed by atoms with van der Waals surface area (Å²) in [5.41, 5.74) is 2.26. The van der Waals surface area contributed by atoms with Crippen LogP contribution in [0, 0.1) is 0 Å². The summed E-state index contributed by atoms with van der Waals surface area (Å²) in [6.07, 6.45) is 0.920. The molecule has 2 aromatic rings. The molecule has 1 aromatic heterocycles. The van der Waals surface area contributed by atoms with Crippen molar-refractivity contribution in [3.63, 3.8) is 0 Å². The van der Waals surface area contributed by atoms with Crippen molar-refractivity contribution < 1.29 is 13.2 Å². The number of nitrogens with zero attached hydrogens (tertiary/aromatic N) is 3. The first kappa shape index (κ1) is 20.3. The maximum atomic E-state index is 11.6. The number of hydrogen-bond donors (Lipinski definition) is 1. The third-order valence-electron chi connectivity index (χ3n) is 4.27. The fourth-order valence-corrected chi connectivity index (χ4v) is 3.96.